The first-order valence-corrected chi connectivity index (χ1v) is 8.72. The maximum absolute atomic E-state index is 10.9. The van der Waals surface area contributed by atoms with Crippen LogP contribution in [0.5, 0.6) is 0 Å². The van der Waals surface area contributed by atoms with Crippen molar-refractivity contribution >= 4 is 6.29 Å². The normalized spacial score (nSPS) is 12.5. The lowest BCUT2D eigenvalue weighted by molar-refractivity contribution is 0.451. The standard InChI is InChI=1S/C18H35O/c1-3-5-7-9-10-12-14-16-18(17-19)15-13-11-8-6-4-2/h18H,3-16H2,1-2H3. The lowest BCUT2D eigenvalue weighted by Gasteiger charge is -2.09. The van der Waals surface area contributed by atoms with Gasteiger partial charge in [-0.05, 0) is 12.8 Å². The number of hydrogen-bond acceptors (Lipinski definition) is 1. The van der Waals surface area contributed by atoms with Crippen LogP contribution in [0.4, 0.5) is 0 Å². The number of rotatable bonds is 15. The van der Waals surface area contributed by atoms with Gasteiger partial charge in [0.25, 0.3) is 0 Å². The van der Waals surface area contributed by atoms with E-state index >= 15 is 0 Å². The van der Waals surface area contributed by atoms with Crippen LogP contribution in [0.1, 0.15) is 104 Å². The molecule has 1 unspecified atom stereocenters. The monoisotopic (exact) mass is 267 g/mol. The fourth-order valence-electron chi connectivity index (χ4n) is 2.60. The summed E-state index contributed by atoms with van der Waals surface area (Å²) in [4.78, 5) is 10.9. The van der Waals surface area contributed by atoms with E-state index in [0.717, 1.165) is 12.8 Å². The Balaban J connectivity index is 3.31. The maximum Gasteiger partial charge on any atom is 0.201 e. The van der Waals surface area contributed by atoms with Crippen LogP contribution in [-0.4, -0.2) is 6.29 Å². The first-order chi connectivity index (χ1) is 9.35. The van der Waals surface area contributed by atoms with E-state index in [0.29, 0.717) is 0 Å². The van der Waals surface area contributed by atoms with E-state index in [1.165, 1.54) is 77.0 Å². The van der Waals surface area contributed by atoms with Gasteiger partial charge in [-0.25, -0.2) is 0 Å². The molecule has 0 bridgehead atoms. The molecule has 0 aliphatic carbocycles. The molecule has 0 fully saturated rings. The van der Waals surface area contributed by atoms with Crippen molar-refractivity contribution in [3.8, 4) is 0 Å². The molecule has 0 aromatic heterocycles. The van der Waals surface area contributed by atoms with Crippen LogP contribution in [0.15, 0.2) is 0 Å². The Hall–Kier alpha value is -0.330. The molecule has 0 saturated heterocycles. The van der Waals surface area contributed by atoms with Crippen molar-refractivity contribution in [1.82, 2.24) is 0 Å². The molecule has 1 radical (unpaired) electrons. The van der Waals surface area contributed by atoms with Crippen LogP contribution >= 0.6 is 0 Å². The minimum atomic E-state index is 0.220. The molecule has 0 aliphatic heterocycles. The second-order valence-corrected chi connectivity index (χ2v) is 5.93. The van der Waals surface area contributed by atoms with E-state index in [1.807, 2.05) is 0 Å². The summed E-state index contributed by atoms with van der Waals surface area (Å²) in [5, 5.41) is 0. The highest BCUT2D eigenvalue weighted by molar-refractivity contribution is 5.54. The van der Waals surface area contributed by atoms with Crippen LogP contribution in [0.25, 0.3) is 0 Å². The minimum Gasteiger partial charge on any atom is -0.291 e. The van der Waals surface area contributed by atoms with Crippen molar-refractivity contribution in [2.24, 2.45) is 5.92 Å². The first kappa shape index (κ1) is 18.7. The number of carbonyl (C=O) groups excluding carboxylic acids is 1. The van der Waals surface area contributed by atoms with Gasteiger partial charge >= 0.3 is 0 Å². The van der Waals surface area contributed by atoms with E-state index < -0.39 is 0 Å². The molecule has 1 heteroatoms. The lowest BCUT2D eigenvalue weighted by Crippen LogP contribution is -2.02. The molecule has 0 amide bonds. The third kappa shape index (κ3) is 13.9. The molecule has 0 saturated carbocycles. The van der Waals surface area contributed by atoms with Crippen LogP contribution in [0.2, 0.25) is 0 Å². The molecule has 19 heavy (non-hydrogen) atoms. The Morgan fingerprint density at radius 1 is 0.632 bits per heavy atom. The third-order valence-corrected chi connectivity index (χ3v) is 3.98. The van der Waals surface area contributed by atoms with Gasteiger partial charge in [0, 0.05) is 5.92 Å². The summed E-state index contributed by atoms with van der Waals surface area (Å²) in [5.41, 5.74) is 0. The van der Waals surface area contributed by atoms with Gasteiger partial charge in [-0.3, -0.25) is 4.79 Å². The van der Waals surface area contributed by atoms with E-state index in [2.05, 4.69) is 20.1 Å². The summed E-state index contributed by atoms with van der Waals surface area (Å²) >= 11 is 0. The molecule has 0 spiro atoms. The molecule has 0 rings (SSSR count). The zero-order valence-electron chi connectivity index (χ0n) is 13.4. The van der Waals surface area contributed by atoms with Gasteiger partial charge in [0.2, 0.25) is 6.29 Å². The molecule has 113 valence electrons. The SMILES string of the molecule is CCCCCCCCCC([C]=O)CCCCCCC. The lowest BCUT2D eigenvalue weighted by atomic mass is 9.95. The van der Waals surface area contributed by atoms with Gasteiger partial charge in [0.1, 0.15) is 0 Å². The van der Waals surface area contributed by atoms with Crippen molar-refractivity contribution < 1.29 is 4.79 Å². The average Bonchev–Trinajstić information content (AvgIpc) is 2.44. The van der Waals surface area contributed by atoms with Crippen LogP contribution in [-0.2, 0) is 4.79 Å². The molecule has 1 atom stereocenters. The highest BCUT2D eigenvalue weighted by Gasteiger charge is 2.07. The summed E-state index contributed by atoms with van der Waals surface area (Å²) in [6.45, 7) is 4.49. The van der Waals surface area contributed by atoms with E-state index in [1.54, 1.807) is 0 Å². The van der Waals surface area contributed by atoms with Crippen LogP contribution < -0.4 is 0 Å². The Kier molecular flexibility index (Phi) is 15.5. The fourth-order valence-corrected chi connectivity index (χ4v) is 2.60. The van der Waals surface area contributed by atoms with Crippen molar-refractivity contribution in [2.45, 2.75) is 104 Å². The van der Waals surface area contributed by atoms with E-state index in [9.17, 15) is 4.79 Å². The highest BCUT2D eigenvalue weighted by Crippen LogP contribution is 2.17. The van der Waals surface area contributed by atoms with Gasteiger partial charge in [-0.15, -0.1) is 0 Å². The highest BCUT2D eigenvalue weighted by atomic mass is 16.1. The smallest absolute Gasteiger partial charge is 0.201 e. The molecule has 0 heterocycles. The van der Waals surface area contributed by atoms with Gasteiger partial charge in [0.15, 0.2) is 0 Å². The van der Waals surface area contributed by atoms with E-state index in [-0.39, 0.29) is 5.92 Å². The molecular formula is C18H35O. The zero-order valence-corrected chi connectivity index (χ0v) is 13.4. The van der Waals surface area contributed by atoms with Gasteiger partial charge in [-0.2, -0.15) is 0 Å². The van der Waals surface area contributed by atoms with Crippen molar-refractivity contribution in [3.05, 3.63) is 0 Å². The quantitative estimate of drug-likeness (QED) is 0.322. The maximum atomic E-state index is 10.9. The Morgan fingerprint density at radius 2 is 1.00 bits per heavy atom. The topological polar surface area (TPSA) is 17.1 Å². The summed E-state index contributed by atoms with van der Waals surface area (Å²) < 4.78 is 0. The largest absolute Gasteiger partial charge is 0.291 e. The van der Waals surface area contributed by atoms with Crippen molar-refractivity contribution in [3.63, 3.8) is 0 Å². The first-order valence-electron chi connectivity index (χ1n) is 8.72. The predicted molar refractivity (Wildman–Crippen MR) is 85.2 cm³/mol. The Bertz CT molecular complexity index is 177. The van der Waals surface area contributed by atoms with Crippen molar-refractivity contribution in [1.29, 1.82) is 0 Å². The summed E-state index contributed by atoms with van der Waals surface area (Å²) in [5.74, 6) is 0.220. The predicted octanol–water partition coefficient (Wildman–Crippen LogP) is 6.21. The second-order valence-electron chi connectivity index (χ2n) is 5.93. The molecule has 0 N–H and O–H groups in total. The fraction of sp³-hybridized carbons (Fsp3) is 0.944. The van der Waals surface area contributed by atoms with Crippen molar-refractivity contribution in [2.75, 3.05) is 0 Å². The Morgan fingerprint density at radius 3 is 1.37 bits per heavy atom. The molecule has 0 aliphatic rings. The number of unbranched alkanes of at least 4 members (excludes halogenated alkanes) is 10. The molecular weight excluding hydrogens is 232 g/mol. The van der Waals surface area contributed by atoms with Gasteiger partial charge in [0.05, 0.1) is 0 Å². The third-order valence-electron chi connectivity index (χ3n) is 3.98. The summed E-state index contributed by atoms with van der Waals surface area (Å²) in [7, 11) is 0. The zero-order chi connectivity index (χ0) is 14.2. The van der Waals surface area contributed by atoms with E-state index in [4.69, 9.17) is 0 Å². The summed E-state index contributed by atoms with van der Waals surface area (Å²) in [6.07, 6.45) is 20.2. The Labute approximate surface area is 121 Å². The minimum absolute atomic E-state index is 0.220. The second kappa shape index (κ2) is 15.7. The summed E-state index contributed by atoms with van der Waals surface area (Å²) in [6, 6.07) is 0. The van der Waals surface area contributed by atoms with Crippen LogP contribution in [0.3, 0.4) is 0 Å². The van der Waals surface area contributed by atoms with Crippen LogP contribution in [0, 0.1) is 5.92 Å². The van der Waals surface area contributed by atoms with Gasteiger partial charge in [-0.1, -0.05) is 90.9 Å². The average molecular weight is 267 g/mol. The van der Waals surface area contributed by atoms with Gasteiger partial charge < -0.3 is 0 Å². The number of hydrogen-bond donors (Lipinski definition) is 0. The molecule has 0 aromatic carbocycles. The molecule has 1 nitrogen and oxygen atoms in total. The molecule has 0 aromatic rings.